The number of hydrogen-bond acceptors (Lipinski definition) is 8. The van der Waals surface area contributed by atoms with Crippen molar-refractivity contribution in [3.8, 4) is 34.4 Å². The molecule has 2 N–H and O–H groups in total. The van der Waals surface area contributed by atoms with E-state index in [0.29, 0.717) is 51.2 Å². The van der Waals surface area contributed by atoms with Gasteiger partial charge in [-0.2, -0.15) is 5.26 Å². The summed E-state index contributed by atoms with van der Waals surface area (Å²) in [4.78, 5) is 24.9. The zero-order chi connectivity index (χ0) is 30.0. The molecule has 1 aliphatic heterocycles. The monoisotopic (exact) mass is 581 g/mol. The molecule has 1 saturated heterocycles. The van der Waals surface area contributed by atoms with Gasteiger partial charge in [0.2, 0.25) is 0 Å². The fraction of sp³-hybridized carbons (Fsp3) is 0.176. The van der Waals surface area contributed by atoms with Crippen LogP contribution in [-0.4, -0.2) is 47.5 Å². The zero-order valence-electron chi connectivity index (χ0n) is 23.8. The molecule has 10 heteroatoms. The molecule has 0 amide bonds. The van der Waals surface area contributed by atoms with E-state index >= 15 is 0 Å². The van der Waals surface area contributed by atoms with E-state index in [-0.39, 0.29) is 5.82 Å². The summed E-state index contributed by atoms with van der Waals surface area (Å²) in [6, 6.07) is 26.2. The fourth-order valence-corrected chi connectivity index (χ4v) is 5.86. The number of fused-ring (bicyclic) bond motifs is 1. The number of nitrogens with two attached hydrogens (primary N) is 1. The van der Waals surface area contributed by atoms with Crippen LogP contribution in [0.25, 0.3) is 39.5 Å². The molecule has 0 spiro atoms. The predicted octanol–water partition coefficient (Wildman–Crippen LogP) is 5.91. The molecule has 0 bridgehead atoms. The normalized spacial score (nSPS) is 14.1. The summed E-state index contributed by atoms with van der Waals surface area (Å²) in [7, 11) is 0. The van der Waals surface area contributed by atoms with Gasteiger partial charge in [-0.05, 0) is 86.1 Å². The Bertz CT molecular complexity index is 2000. The Labute approximate surface area is 253 Å². The van der Waals surface area contributed by atoms with Gasteiger partial charge in [-0.25, -0.2) is 29.3 Å². The summed E-state index contributed by atoms with van der Waals surface area (Å²) in [5.41, 5.74) is 12.6. The van der Waals surface area contributed by atoms with Crippen LogP contribution < -0.4 is 5.73 Å². The van der Waals surface area contributed by atoms with Crippen LogP contribution >= 0.6 is 0 Å². The van der Waals surface area contributed by atoms with E-state index in [9.17, 15) is 9.65 Å². The second kappa shape index (κ2) is 11.6. The van der Waals surface area contributed by atoms with E-state index in [4.69, 9.17) is 15.7 Å². The van der Waals surface area contributed by atoms with Crippen molar-refractivity contribution in [1.82, 2.24) is 34.4 Å². The van der Waals surface area contributed by atoms with Crippen molar-refractivity contribution >= 4 is 17.0 Å². The molecule has 1 fully saturated rings. The fourth-order valence-electron chi connectivity index (χ4n) is 5.86. The zero-order valence-corrected chi connectivity index (χ0v) is 23.8. The lowest BCUT2D eigenvalue weighted by molar-refractivity contribution is 0.203. The molecule has 0 unspecified atom stereocenters. The maximum absolute atomic E-state index is 14.7. The third kappa shape index (κ3) is 5.25. The van der Waals surface area contributed by atoms with Crippen LogP contribution in [-0.2, 0) is 6.54 Å². The van der Waals surface area contributed by atoms with Crippen molar-refractivity contribution in [1.29, 1.82) is 5.26 Å². The van der Waals surface area contributed by atoms with Crippen LogP contribution in [0.2, 0.25) is 0 Å². The summed E-state index contributed by atoms with van der Waals surface area (Å²) in [5, 5.41) is 9.17. The van der Waals surface area contributed by atoms with Gasteiger partial charge < -0.3 is 5.73 Å². The lowest BCUT2D eigenvalue weighted by Gasteiger charge is -2.31. The van der Waals surface area contributed by atoms with Crippen LogP contribution in [0.15, 0.2) is 91.4 Å². The van der Waals surface area contributed by atoms with Crippen molar-refractivity contribution in [2.45, 2.75) is 25.3 Å². The Morgan fingerprint density at radius 1 is 0.886 bits per heavy atom. The first-order chi connectivity index (χ1) is 21.6. The smallest absolute Gasteiger partial charge is 0.165 e. The van der Waals surface area contributed by atoms with E-state index in [1.54, 1.807) is 36.5 Å². The predicted molar refractivity (Wildman–Crippen MR) is 166 cm³/mol. The SMILES string of the molecule is N#Cc1cc(C2CCN(Cc3ccc(-n4c(-c5cccnc5N)nc5ccc(-c6ccccc6F)nc54)cc3)CC2)ncn1. The molecule has 216 valence electrons. The van der Waals surface area contributed by atoms with Crippen LogP contribution in [0.3, 0.4) is 0 Å². The number of nitriles is 1. The molecule has 9 nitrogen and oxygen atoms in total. The van der Waals surface area contributed by atoms with Gasteiger partial charge in [0.05, 0.1) is 11.3 Å². The highest BCUT2D eigenvalue weighted by Gasteiger charge is 2.23. The average molecular weight is 582 g/mol. The highest BCUT2D eigenvalue weighted by molar-refractivity contribution is 5.84. The van der Waals surface area contributed by atoms with E-state index < -0.39 is 0 Å². The standard InChI is InChI=1S/C34H28FN9/c35-28-6-2-1-4-26(28)29-11-12-30-34(41-29)44(33(42-30)27-5-3-15-38-32(27)37)25-9-7-22(8-10-25)20-43-16-13-23(14-17-43)31-18-24(19-36)39-21-40-31/h1-12,15,18,21,23H,13-14,16-17,20H2,(H2,37,38). The largest absolute Gasteiger partial charge is 0.383 e. The average Bonchev–Trinajstić information content (AvgIpc) is 3.44. The van der Waals surface area contributed by atoms with Gasteiger partial charge in [-0.15, -0.1) is 0 Å². The van der Waals surface area contributed by atoms with Crippen molar-refractivity contribution in [3.05, 3.63) is 114 Å². The molecule has 6 aromatic rings. The first-order valence-electron chi connectivity index (χ1n) is 14.5. The third-order valence-corrected chi connectivity index (χ3v) is 8.14. The number of imidazole rings is 1. The Hall–Kier alpha value is -5.53. The maximum atomic E-state index is 14.7. The number of anilines is 1. The number of likely N-dealkylation sites (tertiary alicyclic amines) is 1. The number of halogens is 1. The topological polar surface area (TPSA) is 122 Å². The molecule has 4 aromatic heterocycles. The Kier molecular flexibility index (Phi) is 7.22. The highest BCUT2D eigenvalue weighted by atomic mass is 19.1. The summed E-state index contributed by atoms with van der Waals surface area (Å²) in [5.74, 6) is 0.977. The minimum atomic E-state index is -0.334. The molecule has 0 aliphatic carbocycles. The molecule has 2 aromatic carbocycles. The highest BCUT2D eigenvalue weighted by Crippen LogP contribution is 2.33. The Morgan fingerprint density at radius 3 is 2.45 bits per heavy atom. The van der Waals surface area contributed by atoms with E-state index in [1.165, 1.54) is 18.0 Å². The summed E-state index contributed by atoms with van der Waals surface area (Å²) in [6.07, 6.45) is 5.09. The maximum Gasteiger partial charge on any atom is 0.165 e. The lowest BCUT2D eigenvalue weighted by Crippen LogP contribution is -2.32. The van der Waals surface area contributed by atoms with Gasteiger partial charge in [0.25, 0.3) is 0 Å². The van der Waals surface area contributed by atoms with Crippen LogP contribution in [0.4, 0.5) is 10.2 Å². The van der Waals surface area contributed by atoms with Gasteiger partial charge in [-0.3, -0.25) is 9.47 Å². The van der Waals surface area contributed by atoms with Crippen LogP contribution in [0.1, 0.15) is 35.7 Å². The number of aromatic nitrogens is 6. The molecule has 44 heavy (non-hydrogen) atoms. The minimum absolute atomic E-state index is 0.332. The van der Waals surface area contributed by atoms with E-state index in [2.05, 4.69) is 50.2 Å². The Balaban J connectivity index is 1.18. The summed E-state index contributed by atoms with van der Waals surface area (Å²) < 4.78 is 16.6. The van der Waals surface area contributed by atoms with Crippen LogP contribution in [0.5, 0.6) is 0 Å². The molecule has 5 heterocycles. The van der Waals surface area contributed by atoms with Crippen molar-refractivity contribution in [2.24, 2.45) is 0 Å². The number of pyridine rings is 2. The molecule has 0 saturated carbocycles. The molecule has 0 atom stereocenters. The number of piperidine rings is 1. The van der Waals surface area contributed by atoms with E-state index in [1.807, 2.05) is 22.8 Å². The number of nitrogens with zero attached hydrogens (tertiary/aromatic N) is 8. The van der Waals surface area contributed by atoms with Crippen molar-refractivity contribution in [3.63, 3.8) is 0 Å². The van der Waals surface area contributed by atoms with Gasteiger partial charge in [0.15, 0.2) is 11.5 Å². The minimum Gasteiger partial charge on any atom is -0.383 e. The first kappa shape index (κ1) is 27.3. The van der Waals surface area contributed by atoms with E-state index in [0.717, 1.165) is 43.9 Å². The second-order valence-corrected chi connectivity index (χ2v) is 10.9. The van der Waals surface area contributed by atoms with Gasteiger partial charge in [-0.1, -0.05) is 24.3 Å². The second-order valence-electron chi connectivity index (χ2n) is 10.9. The summed E-state index contributed by atoms with van der Waals surface area (Å²) >= 11 is 0. The van der Waals surface area contributed by atoms with Gasteiger partial charge in [0, 0.05) is 35.6 Å². The quantitative estimate of drug-likeness (QED) is 0.258. The lowest BCUT2D eigenvalue weighted by atomic mass is 9.92. The van der Waals surface area contributed by atoms with Crippen LogP contribution in [0, 0.1) is 17.1 Å². The number of rotatable bonds is 6. The number of hydrogen-bond donors (Lipinski definition) is 1. The number of benzene rings is 2. The third-order valence-electron chi connectivity index (χ3n) is 8.14. The summed E-state index contributed by atoms with van der Waals surface area (Å²) in [6.45, 7) is 2.71. The first-order valence-corrected chi connectivity index (χ1v) is 14.5. The Morgan fingerprint density at radius 2 is 1.68 bits per heavy atom. The van der Waals surface area contributed by atoms with Gasteiger partial charge in [0.1, 0.15) is 35.2 Å². The van der Waals surface area contributed by atoms with Gasteiger partial charge >= 0.3 is 0 Å². The molecular formula is C34H28FN9. The molecule has 0 radical (unpaired) electrons. The molecule has 7 rings (SSSR count). The molecule has 1 aliphatic rings. The van der Waals surface area contributed by atoms with Crippen molar-refractivity contribution in [2.75, 3.05) is 18.8 Å². The molecular weight excluding hydrogens is 553 g/mol. The number of nitrogen functional groups attached to an aromatic ring is 1. The van der Waals surface area contributed by atoms with Crippen molar-refractivity contribution < 1.29 is 4.39 Å².